The average Bonchev–Trinajstić information content (AvgIpc) is 2.43. The second-order valence-corrected chi connectivity index (χ2v) is 5.27. The summed E-state index contributed by atoms with van der Waals surface area (Å²) < 4.78 is 5.38. The van der Waals surface area contributed by atoms with Crippen LogP contribution in [0, 0.1) is 11.3 Å². The molecule has 0 N–H and O–H groups in total. The predicted molar refractivity (Wildman–Crippen MR) is 72.6 cm³/mol. The van der Waals surface area contributed by atoms with Gasteiger partial charge in [-0.15, -0.1) is 0 Å². The van der Waals surface area contributed by atoms with E-state index in [0.717, 1.165) is 57.1 Å². The molecule has 0 bridgehead atoms. The molecule has 0 aliphatic carbocycles. The first kappa shape index (κ1) is 12.6. The number of hydrogen-bond donors (Lipinski definition) is 0. The van der Waals surface area contributed by atoms with Gasteiger partial charge in [-0.1, -0.05) is 18.2 Å². The lowest BCUT2D eigenvalue weighted by Crippen LogP contribution is -2.60. The van der Waals surface area contributed by atoms with Gasteiger partial charge >= 0.3 is 0 Å². The number of ether oxygens (including phenoxy) is 1. The minimum atomic E-state index is 0.679. The van der Waals surface area contributed by atoms with E-state index in [4.69, 9.17) is 10.00 Å². The highest BCUT2D eigenvalue weighted by molar-refractivity contribution is 5.37. The number of benzene rings is 1. The number of hydrogen-bond acceptors (Lipinski definition) is 4. The van der Waals surface area contributed by atoms with E-state index in [1.165, 1.54) is 0 Å². The van der Waals surface area contributed by atoms with Gasteiger partial charge in [0, 0.05) is 38.8 Å². The normalized spacial score (nSPS) is 21.8. The van der Waals surface area contributed by atoms with Crippen molar-refractivity contribution in [1.82, 2.24) is 9.80 Å². The summed E-state index contributed by atoms with van der Waals surface area (Å²) in [4.78, 5) is 4.94. The Bertz CT molecular complexity index is 471. The molecule has 0 amide bonds. The third-order valence-electron chi connectivity index (χ3n) is 4.03. The minimum Gasteiger partial charge on any atom is -0.379 e. The van der Waals surface area contributed by atoms with Crippen molar-refractivity contribution in [2.45, 2.75) is 12.6 Å². The van der Waals surface area contributed by atoms with Crippen molar-refractivity contribution < 1.29 is 4.74 Å². The number of nitriles is 1. The van der Waals surface area contributed by atoms with Crippen LogP contribution >= 0.6 is 0 Å². The maximum absolute atomic E-state index is 9.09. The molecule has 2 heterocycles. The first-order valence-electron chi connectivity index (χ1n) is 6.89. The molecule has 2 aliphatic rings. The molecule has 4 nitrogen and oxygen atoms in total. The largest absolute Gasteiger partial charge is 0.379 e. The van der Waals surface area contributed by atoms with Crippen molar-refractivity contribution in [2.75, 3.05) is 39.4 Å². The first-order valence-corrected chi connectivity index (χ1v) is 6.89. The lowest BCUT2D eigenvalue weighted by molar-refractivity contribution is -0.0344. The zero-order chi connectivity index (χ0) is 13.1. The molecule has 0 aromatic heterocycles. The monoisotopic (exact) mass is 257 g/mol. The lowest BCUT2D eigenvalue weighted by atomic mass is 10.0. The van der Waals surface area contributed by atoms with Gasteiger partial charge in [0.25, 0.3) is 0 Å². The molecule has 2 saturated heterocycles. The van der Waals surface area contributed by atoms with Gasteiger partial charge in [-0.05, 0) is 11.6 Å². The fraction of sp³-hybridized carbons (Fsp3) is 0.533. The van der Waals surface area contributed by atoms with Gasteiger partial charge < -0.3 is 4.74 Å². The van der Waals surface area contributed by atoms with E-state index < -0.39 is 0 Å². The maximum atomic E-state index is 9.09. The number of morpholine rings is 1. The highest BCUT2D eigenvalue weighted by atomic mass is 16.5. The molecule has 0 atom stereocenters. The zero-order valence-electron chi connectivity index (χ0n) is 11.1. The third kappa shape index (κ3) is 2.79. The van der Waals surface area contributed by atoms with Gasteiger partial charge in [0.2, 0.25) is 0 Å². The highest BCUT2D eigenvalue weighted by Gasteiger charge is 2.32. The van der Waals surface area contributed by atoms with Gasteiger partial charge in [0.1, 0.15) is 0 Å². The van der Waals surface area contributed by atoms with Crippen LogP contribution in [0.4, 0.5) is 0 Å². The van der Waals surface area contributed by atoms with Crippen LogP contribution in [-0.2, 0) is 11.3 Å². The van der Waals surface area contributed by atoms with Crippen LogP contribution in [-0.4, -0.2) is 55.2 Å². The molecule has 0 saturated carbocycles. The average molecular weight is 257 g/mol. The Morgan fingerprint density at radius 3 is 2.68 bits per heavy atom. The van der Waals surface area contributed by atoms with Crippen molar-refractivity contribution in [3.8, 4) is 6.07 Å². The molecule has 4 heteroatoms. The summed E-state index contributed by atoms with van der Waals surface area (Å²) >= 11 is 0. The predicted octanol–water partition coefficient (Wildman–Crippen LogP) is 1.07. The SMILES string of the molecule is N#Cc1ccccc1CN1CC(N2CCOCC2)C1. The summed E-state index contributed by atoms with van der Waals surface area (Å²) in [7, 11) is 0. The summed E-state index contributed by atoms with van der Waals surface area (Å²) in [6, 6.07) is 10.8. The first-order chi connectivity index (χ1) is 9.36. The summed E-state index contributed by atoms with van der Waals surface area (Å²) in [6.07, 6.45) is 0. The zero-order valence-corrected chi connectivity index (χ0v) is 11.1. The molecule has 2 fully saturated rings. The molecule has 2 aliphatic heterocycles. The van der Waals surface area contributed by atoms with Crippen molar-refractivity contribution in [3.63, 3.8) is 0 Å². The molecule has 100 valence electrons. The van der Waals surface area contributed by atoms with Crippen LogP contribution in [0.15, 0.2) is 24.3 Å². The molecule has 0 spiro atoms. The van der Waals surface area contributed by atoms with Crippen LogP contribution in [0.1, 0.15) is 11.1 Å². The smallest absolute Gasteiger partial charge is 0.0995 e. The van der Waals surface area contributed by atoms with Crippen molar-refractivity contribution in [1.29, 1.82) is 5.26 Å². The minimum absolute atomic E-state index is 0.679. The molecular formula is C15H19N3O. The second-order valence-electron chi connectivity index (χ2n) is 5.27. The van der Waals surface area contributed by atoms with E-state index in [1.807, 2.05) is 18.2 Å². The number of rotatable bonds is 3. The van der Waals surface area contributed by atoms with Crippen LogP contribution in [0.25, 0.3) is 0 Å². The van der Waals surface area contributed by atoms with E-state index in [0.29, 0.717) is 6.04 Å². The summed E-state index contributed by atoms with van der Waals surface area (Å²) in [5.74, 6) is 0. The Balaban J connectivity index is 1.52. The van der Waals surface area contributed by atoms with Crippen LogP contribution in [0.5, 0.6) is 0 Å². The lowest BCUT2D eigenvalue weighted by Gasteiger charge is -2.46. The Morgan fingerprint density at radius 1 is 1.21 bits per heavy atom. The van der Waals surface area contributed by atoms with E-state index in [-0.39, 0.29) is 0 Å². The Hall–Kier alpha value is -1.41. The molecule has 0 unspecified atom stereocenters. The van der Waals surface area contributed by atoms with Gasteiger partial charge in [0.05, 0.1) is 24.8 Å². The summed E-state index contributed by atoms with van der Waals surface area (Å²) in [5.41, 5.74) is 1.95. The van der Waals surface area contributed by atoms with Crippen molar-refractivity contribution >= 4 is 0 Å². The van der Waals surface area contributed by atoms with Gasteiger partial charge in [-0.2, -0.15) is 5.26 Å². The molecular weight excluding hydrogens is 238 g/mol. The van der Waals surface area contributed by atoms with E-state index in [9.17, 15) is 0 Å². The molecule has 0 radical (unpaired) electrons. The van der Waals surface area contributed by atoms with Gasteiger partial charge in [-0.25, -0.2) is 0 Å². The summed E-state index contributed by atoms with van der Waals surface area (Å²) in [5, 5.41) is 9.09. The standard InChI is InChI=1S/C15H19N3O/c16-9-13-3-1-2-4-14(13)10-17-11-15(12-17)18-5-7-19-8-6-18/h1-4,15H,5-8,10-12H2. The van der Waals surface area contributed by atoms with E-state index in [2.05, 4.69) is 21.9 Å². The Morgan fingerprint density at radius 2 is 1.95 bits per heavy atom. The van der Waals surface area contributed by atoms with Gasteiger partial charge in [-0.3, -0.25) is 9.80 Å². The van der Waals surface area contributed by atoms with Crippen LogP contribution in [0.3, 0.4) is 0 Å². The Labute approximate surface area is 114 Å². The third-order valence-corrected chi connectivity index (χ3v) is 4.03. The molecule has 1 aromatic rings. The van der Waals surface area contributed by atoms with Gasteiger partial charge in [0.15, 0.2) is 0 Å². The Kier molecular flexibility index (Phi) is 3.79. The quantitative estimate of drug-likeness (QED) is 0.812. The van der Waals surface area contributed by atoms with E-state index >= 15 is 0 Å². The fourth-order valence-corrected chi connectivity index (χ4v) is 2.85. The second kappa shape index (κ2) is 5.70. The van der Waals surface area contributed by atoms with Crippen molar-refractivity contribution in [3.05, 3.63) is 35.4 Å². The van der Waals surface area contributed by atoms with Crippen molar-refractivity contribution in [2.24, 2.45) is 0 Å². The molecule has 19 heavy (non-hydrogen) atoms. The fourth-order valence-electron chi connectivity index (χ4n) is 2.85. The number of nitrogens with zero attached hydrogens (tertiary/aromatic N) is 3. The van der Waals surface area contributed by atoms with Crippen LogP contribution < -0.4 is 0 Å². The maximum Gasteiger partial charge on any atom is 0.0995 e. The number of likely N-dealkylation sites (tertiary alicyclic amines) is 1. The topological polar surface area (TPSA) is 39.5 Å². The van der Waals surface area contributed by atoms with Crippen LogP contribution in [0.2, 0.25) is 0 Å². The molecule has 3 rings (SSSR count). The van der Waals surface area contributed by atoms with E-state index in [1.54, 1.807) is 0 Å². The highest BCUT2D eigenvalue weighted by Crippen LogP contribution is 2.20. The molecule has 1 aromatic carbocycles. The summed E-state index contributed by atoms with van der Waals surface area (Å²) in [6.45, 7) is 6.98.